The Labute approximate surface area is 264 Å². The molecule has 0 heterocycles. The molecule has 8 nitrogen and oxygen atoms in total. The van der Waals surface area contributed by atoms with E-state index in [2.05, 4.69) is 5.32 Å². The van der Waals surface area contributed by atoms with Gasteiger partial charge < -0.3 is 15.0 Å². The number of anilines is 1. The number of benzene rings is 4. The molecule has 230 valence electrons. The molecular formula is C34H36ClN3O5S. The fraction of sp³-hybridized carbons (Fsp3) is 0.235. The van der Waals surface area contributed by atoms with Crippen molar-refractivity contribution in [2.45, 2.75) is 37.8 Å². The molecule has 0 aliphatic rings. The van der Waals surface area contributed by atoms with Crippen molar-refractivity contribution in [1.82, 2.24) is 10.2 Å². The third-order valence-corrected chi connectivity index (χ3v) is 9.12. The highest BCUT2D eigenvalue weighted by atomic mass is 35.5. The first-order valence-electron chi connectivity index (χ1n) is 14.2. The summed E-state index contributed by atoms with van der Waals surface area (Å²) in [5, 5.41) is 3.33. The van der Waals surface area contributed by atoms with Gasteiger partial charge in [0.15, 0.2) is 0 Å². The zero-order valence-corrected chi connectivity index (χ0v) is 26.5. The monoisotopic (exact) mass is 633 g/mol. The lowest BCUT2D eigenvalue weighted by molar-refractivity contribution is -0.140. The number of methoxy groups -OCH3 is 1. The lowest BCUT2D eigenvalue weighted by atomic mass is 10.0. The number of hydrogen-bond donors (Lipinski definition) is 1. The smallest absolute Gasteiger partial charge is 0.264 e. The molecule has 0 aromatic heterocycles. The number of aryl methyl sites for hydroxylation is 1. The molecule has 4 rings (SSSR count). The highest BCUT2D eigenvalue weighted by molar-refractivity contribution is 7.92. The Morgan fingerprint density at radius 3 is 2.23 bits per heavy atom. The van der Waals surface area contributed by atoms with Crippen LogP contribution in [0.2, 0.25) is 5.02 Å². The van der Waals surface area contributed by atoms with Gasteiger partial charge in [0.25, 0.3) is 10.0 Å². The molecule has 0 aliphatic carbocycles. The molecule has 10 heteroatoms. The summed E-state index contributed by atoms with van der Waals surface area (Å²) in [6.45, 7) is 3.50. The van der Waals surface area contributed by atoms with Crippen LogP contribution in [0, 0.1) is 6.92 Å². The van der Waals surface area contributed by atoms with Crippen molar-refractivity contribution in [3.05, 3.63) is 125 Å². The first kappa shape index (κ1) is 32.6. The Morgan fingerprint density at radius 1 is 0.886 bits per heavy atom. The summed E-state index contributed by atoms with van der Waals surface area (Å²) < 4.78 is 34.7. The minimum Gasteiger partial charge on any atom is -0.497 e. The number of rotatable bonds is 13. The number of likely N-dealkylation sites (N-methyl/N-ethyl adjacent to an activating group) is 1. The predicted molar refractivity (Wildman–Crippen MR) is 173 cm³/mol. The SMILES string of the molecule is CCNC(=O)[C@@H](Cc1ccccc1)N(Cc1cccc(Cl)c1)C(=O)CN(c1cccc(OC)c1)S(=O)(=O)c1ccc(C)cc1. The summed E-state index contributed by atoms with van der Waals surface area (Å²) in [4.78, 5) is 29.4. The molecule has 1 N–H and O–H groups in total. The van der Waals surface area contributed by atoms with Gasteiger partial charge in [-0.3, -0.25) is 13.9 Å². The number of carbonyl (C=O) groups excluding carboxylic acids is 2. The van der Waals surface area contributed by atoms with E-state index < -0.39 is 28.5 Å². The lowest BCUT2D eigenvalue weighted by Crippen LogP contribution is -2.53. The van der Waals surface area contributed by atoms with Crippen molar-refractivity contribution < 1.29 is 22.7 Å². The first-order valence-corrected chi connectivity index (χ1v) is 16.0. The first-order chi connectivity index (χ1) is 21.1. The average molecular weight is 634 g/mol. The summed E-state index contributed by atoms with van der Waals surface area (Å²) in [5.41, 5.74) is 2.69. The highest BCUT2D eigenvalue weighted by Crippen LogP contribution is 2.28. The average Bonchev–Trinajstić information content (AvgIpc) is 3.02. The molecule has 4 aromatic carbocycles. The Balaban J connectivity index is 1.81. The van der Waals surface area contributed by atoms with Crippen molar-refractivity contribution in [3.63, 3.8) is 0 Å². The Hall–Kier alpha value is -4.34. The number of halogens is 1. The molecule has 0 saturated carbocycles. The number of hydrogen-bond acceptors (Lipinski definition) is 5. The molecule has 0 bridgehead atoms. The summed E-state index contributed by atoms with van der Waals surface area (Å²) in [6.07, 6.45) is 0.225. The van der Waals surface area contributed by atoms with Crippen molar-refractivity contribution in [1.29, 1.82) is 0 Å². The van der Waals surface area contributed by atoms with Crippen molar-refractivity contribution in [2.75, 3.05) is 24.5 Å². The number of sulfonamides is 1. The maximum absolute atomic E-state index is 14.4. The van der Waals surface area contributed by atoms with Crippen LogP contribution in [0.4, 0.5) is 5.69 Å². The van der Waals surface area contributed by atoms with E-state index in [1.807, 2.05) is 43.3 Å². The van der Waals surface area contributed by atoms with Gasteiger partial charge in [-0.05, 0) is 61.4 Å². The largest absolute Gasteiger partial charge is 0.497 e. The van der Waals surface area contributed by atoms with Crippen LogP contribution in [-0.4, -0.2) is 51.4 Å². The van der Waals surface area contributed by atoms with Crippen molar-refractivity contribution >= 4 is 39.1 Å². The molecular weight excluding hydrogens is 598 g/mol. The molecule has 0 saturated heterocycles. The van der Waals surface area contributed by atoms with Crippen molar-refractivity contribution in [2.24, 2.45) is 0 Å². The lowest BCUT2D eigenvalue weighted by Gasteiger charge is -2.34. The number of ether oxygens (including phenoxy) is 1. The van der Waals surface area contributed by atoms with E-state index in [-0.39, 0.29) is 29.5 Å². The fourth-order valence-electron chi connectivity index (χ4n) is 4.81. The fourth-order valence-corrected chi connectivity index (χ4v) is 6.43. The Morgan fingerprint density at radius 2 is 1.57 bits per heavy atom. The molecule has 1 atom stereocenters. The molecule has 0 fully saturated rings. The van der Waals surface area contributed by atoms with E-state index in [0.29, 0.717) is 22.9 Å². The van der Waals surface area contributed by atoms with Gasteiger partial charge in [0.1, 0.15) is 18.3 Å². The molecule has 0 radical (unpaired) electrons. The van der Waals surface area contributed by atoms with Gasteiger partial charge in [-0.25, -0.2) is 8.42 Å². The summed E-state index contributed by atoms with van der Waals surface area (Å²) in [6, 6.07) is 28.4. The third kappa shape index (κ3) is 8.18. The Bertz CT molecular complexity index is 1680. The second-order valence-corrected chi connectivity index (χ2v) is 12.6. The van der Waals surface area contributed by atoms with Crippen LogP contribution in [0.1, 0.15) is 23.6 Å². The van der Waals surface area contributed by atoms with E-state index >= 15 is 0 Å². The van der Waals surface area contributed by atoms with Gasteiger partial charge in [-0.15, -0.1) is 0 Å². The summed E-state index contributed by atoms with van der Waals surface area (Å²) in [7, 11) is -2.73. The van der Waals surface area contributed by atoms with Crippen LogP contribution in [0.15, 0.2) is 108 Å². The molecule has 2 amide bonds. The van der Waals surface area contributed by atoms with Gasteiger partial charge in [0.2, 0.25) is 11.8 Å². The molecule has 44 heavy (non-hydrogen) atoms. The summed E-state index contributed by atoms with van der Waals surface area (Å²) in [5.74, 6) is -0.476. The van der Waals surface area contributed by atoms with Crippen LogP contribution in [-0.2, 0) is 32.6 Å². The highest BCUT2D eigenvalue weighted by Gasteiger charge is 2.34. The third-order valence-electron chi connectivity index (χ3n) is 7.09. The van der Waals surface area contributed by atoms with E-state index in [9.17, 15) is 18.0 Å². The number of nitrogens with zero attached hydrogens (tertiary/aromatic N) is 2. The minimum absolute atomic E-state index is 0.0321. The summed E-state index contributed by atoms with van der Waals surface area (Å²) >= 11 is 6.28. The number of amides is 2. The van der Waals surface area contributed by atoms with Crippen LogP contribution >= 0.6 is 11.6 Å². The van der Waals surface area contributed by atoms with E-state index in [1.165, 1.54) is 24.1 Å². The molecule has 0 spiro atoms. The quantitative estimate of drug-likeness (QED) is 0.206. The predicted octanol–water partition coefficient (Wildman–Crippen LogP) is 5.63. The normalized spacial score (nSPS) is 11.8. The zero-order valence-electron chi connectivity index (χ0n) is 24.9. The van der Waals surface area contributed by atoms with Crippen LogP contribution in [0.25, 0.3) is 0 Å². The topological polar surface area (TPSA) is 96.0 Å². The maximum Gasteiger partial charge on any atom is 0.264 e. The van der Waals surface area contributed by atoms with Gasteiger partial charge >= 0.3 is 0 Å². The maximum atomic E-state index is 14.4. The van der Waals surface area contributed by atoms with E-state index in [4.69, 9.17) is 16.3 Å². The second kappa shape index (κ2) is 14.9. The molecule has 0 unspecified atom stereocenters. The molecule has 0 aliphatic heterocycles. The van der Waals surface area contributed by atoms with Gasteiger partial charge in [0, 0.05) is 30.6 Å². The zero-order chi connectivity index (χ0) is 31.7. The van der Waals surface area contributed by atoms with Gasteiger partial charge in [-0.1, -0.05) is 77.8 Å². The van der Waals surface area contributed by atoms with Crippen molar-refractivity contribution in [3.8, 4) is 5.75 Å². The molecule has 4 aromatic rings. The van der Waals surface area contributed by atoms with E-state index in [0.717, 1.165) is 15.4 Å². The van der Waals surface area contributed by atoms with Crippen LogP contribution < -0.4 is 14.4 Å². The van der Waals surface area contributed by atoms with Crippen LogP contribution in [0.3, 0.4) is 0 Å². The number of carbonyl (C=O) groups is 2. The standard InChI is InChI=1S/C34H36ClN3O5S/c1-4-36-34(40)32(21-26-10-6-5-7-11-26)37(23-27-12-8-13-28(35)20-27)33(39)24-38(29-14-9-15-30(22-29)43-3)44(41,42)31-18-16-25(2)17-19-31/h5-20,22,32H,4,21,23-24H2,1-3H3,(H,36,40)/t32-/m1/s1. The number of nitrogens with one attached hydrogen (secondary N) is 1. The van der Waals surface area contributed by atoms with Crippen LogP contribution in [0.5, 0.6) is 5.75 Å². The minimum atomic E-state index is -4.21. The second-order valence-electron chi connectivity index (χ2n) is 10.3. The van der Waals surface area contributed by atoms with Gasteiger partial charge in [0.05, 0.1) is 17.7 Å². The van der Waals surface area contributed by atoms with E-state index in [1.54, 1.807) is 61.5 Å². The Kier molecular flexibility index (Phi) is 11.0. The van der Waals surface area contributed by atoms with Gasteiger partial charge in [-0.2, -0.15) is 0 Å².